The van der Waals surface area contributed by atoms with Gasteiger partial charge >= 0.3 is 7.82 Å². The van der Waals surface area contributed by atoms with E-state index in [9.17, 15) is 9.67 Å². The number of rotatable bonds is 4. The average molecular weight is 280 g/mol. The maximum absolute atomic E-state index is 10.9. The van der Waals surface area contributed by atoms with Crippen LogP contribution in [0.15, 0.2) is 48.5 Å². The van der Waals surface area contributed by atoms with Crippen molar-refractivity contribution in [3.05, 3.63) is 59.7 Å². The van der Waals surface area contributed by atoms with E-state index in [-0.39, 0.29) is 11.5 Å². The predicted molar refractivity (Wildman–Crippen MR) is 70.0 cm³/mol. The first kappa shape index (κ1) is 13.6. The fourth-order valence-electron chi connectivity index (χ4n) is 1.75. The van der Waals surface area contributed by atoms with Crippen molar-refractivity contribution in [3.8, 4) is 11.5 Å². The second kappa shape index (κ2) is 5.45. The van der Waals surface area contributed by atoms with Crippen molar-refractivity contribution >= 4 is 7.82 Å². The van der Waals surface area contributed by atoms with Crippen LogP contribution >= 0.6 is 7.82 Å². The zero-order valence-electron chi connectivity index (χ0n) is 9.93. The summed E-state index contributed by atoms with van der Waals surface area (Å²) >= 11 is 0. The van der Waals surface area contributed by atoms with Gasteiger partial charge in [0.1, 0.15) is 11.5 Å². The van der Waals surface area contributed by atoms with E-state index in [0.717, 1.165) is 5.56 Å². The first-order valence-electron chi connectivity index (χ1n) is 5.55. The molecule has 0 saturated heterocycles. The number of phosphoric acid groups is 1. The predicted octanol–water partition coefficient (Wildman–Crippen LogP) is 2.45. The lowest BCUT2D eigenvalue weighted by atomic mass is 10.0. The highest BCUT2D eigenvalue weighted by Crippen LogP contribution is 2.41. The van der Waals surface area contributed by atoms with E-state index < -0.39 is 7.82 Å². The molecule has 0 fully saturated rings. The summed E-state index contributed by atoms with van der Waals surface area (Å²) in [5, 5.41) is 9.82. The third-order valence-electron chi connectivity index (χ3n) is 2.55. The number of aromatic hydroxyl groups is 1. The molecule has 19 heavy (non-hydrogen) atoms. The van der Waals surface area contributed by atoms with Crippen LogP contribution in [0, 0.1) is 0 Å². The van der Waals surface area contributed by atoms with Crippen LogP contribution < -0.4 is 4.52 Å². The van der Waals surface area contributed by atoms with Crippen LogP contribution in [0.4, 0.5) is 0 Å². The summed E-state index contributed by atoms with van der Waals surface area (Å²) in [6.07, 6.45) is 0.322. The van der Waals surface area contributed by atoms with Gasteiger partial charge in [0.15, 0.2) is 0 Å². The SMILES string of the molecule is O=P(O)(O)Oc1cccc(O)c1Cc1ccccc1. The van der Waals surface area contributed by atoms with Crippen LogP contribution in [0.2, 0.25) is 0 Å². The van der Waals surface area contributed by atoms with Gasteiger partial charge in [0.25, 0.3) is 0 Å². The lowest BCUT2D eigenvalue weighted by Crippen LogP contribution is -1.97. The molecule has 2 rings (SSSR count). The van der Waals surface area contributed by atoms with Gasteiger partial charge in [-0.25, -0.2) is 4.57 Å². The Morgan fingerprint density at radius 2 is 1.68 bits per heavy atom. The van der Waals surface area contributed by atoms with Gasteiger partial charge in [-0.05, 0) is 17.7 Å². The molecule has 0 aliphatic rings. The highest BCUT2D eigenvalue weighted by Gasteiger charge is 2.20. The minimum absolute atomic E-state index is 0.0165. The van der Waals surface area contributed by atoms with Crippen molar-refractivity contribution in [2.45, 2.75) is 6.42 Å². The summed E-state index contributed by atoms with van der Waals surface area (Å²) in [4.78, 5) is 17.7. The first-order valence-corrected chi connectivity index (χ1v) is 7.08. The number of benzene rings is 2. The molecule has 6 heteroatoms. The van der Waals surface area contributed by atoms with Crippen LogP contribution in [-0.4, -0.2) is 14.9 Å². The molecule has 0 radical (unpaired) electrons. The van der Waals surface area contributed by atoms with E-state index >= 15 is 0 Å². The Labute approximate surface area is 110 Å². The highest BCUT2D eigenvalue weighted by molar-refractivity contribution is 7.46. The Bertz CT molecular complexity index is 606. The fourth-order valence-corrected chi connectivity index (χ4v) is 2.17. The molecule has 0 bridgehead atoms. The fraction of sp³-hybridized carbons (Fsp3) is 0.0769. The van der Waals surface area contributed by atoms with E-state index in [4.69, 9.17) is 9.79 Å². The maximum atomic E-state index is 10.9. The summed E-state index contributed by atoms with van der Waals surface area (Å²) < 4.78 is 15.5. The van der Waals surface area contributed by atoms with Crippen LogP contribution in [0.3, 0.4) is 0 Å². The molecule has 0 saturated carbocycles. The Morgan fingerprint density at radius 3 is 2.32 bits per heavy atom. The largest absolute Gasteiger partial charge is 0.524 e. The smallest absolute Gasteiger partial charge is 0.508 e. The molecule has 2 aromatic rings. The molecule has 3 N–H and O–H groups in total. The van der Waals surface area contributed by atoms with Gasteiger partial charge in [0, 0.05) is 12.0 Å². The van der Waals surface area contributed by atoms with Crippen LogP contribution in [0.1, 0.15) is 11.1 Å². The Kier molecular flexibility index (Phi) is 3.90. The summed E-state index contributed by atoms with van der Waals surface area (Å²) in [6, 6.07) is 13.6. The van der Waals surface area contributed by atoms with Gasteiger partial charge in [-0.2, -0.15) is 0 Å². The average Bonchev–Trinajstić information content (AvgIpc) is 2.33. The summed E-state index contributed by atoms with van der Waals surface area (Å²) in [5.41, 5.74) is 1.25. The van der Waals surface area contributed by atoms with Crippen LogP contribution in [-0.2, 0) is 11.0 Å². The third-order valence-corrected chi connectivity index (χ3v) is 2.98. The second-order valence-corrected chi connectivity index (χ2v) is 5.16. The van der Waals surface area contributed by atoms with Crippen molar-refractivity contribution in [3.63, 3.8) is 0 Å². The normalized spacial score (nSPS) is 11.3. The lowest BCUT2D eigenvalue weighted by Gasteiger charge is -2.13. The van der Waals surface area contributed by atoms with E-state index in [1.165, 1.54) is 18.2 Å². The number of phosphoric ester groups is 1. The van der Waals surface area contributed by atoms with Crippen LogP contribution in [0.5, 0.6) is 11.5 Å². The van der Waals surface area contributed by atoms with E-state index in [1.54, 1.807) is 0 Å². The van der Waals surface area contributed by atoms with Crippen molar-refractivity contribution < 1.29 is 24.0 Å². The quantitative estimate of drug-likeness (QED) is 0.749. The zero-order valence-corrected chi connectivity index (χ0v) is 10.8. The van der Waals surface area contributed by atoms with Crippen molar-refractivity contribution in [2.24, 2.45) is 0 Å². The van der Waals surface area contributed by atoms with Crippen molar-refractivity contribution in [1.82, 2.24) is 0 Å². The van der Waals surface area contributed by atoms with Gasteiger partial charge in [0.05, 0.1) is 0 Å². The number of hydrogen-bond donors (Lipinski definition) is 3. The summed E-state index contributed by atoms with van der Waals surface area (Å²) in [6.45, 7) is 0. The van der Waals surface area contributed by atoms with Gasteiger partial charge < -0.3 is 9.63 Å². The molecule has 0 spiro atoms. The molecule has 0 aliphatic heterocycles. The molecule has 5 nitrogen and oxygen atoms in total. The zero-order chi connectivity index (χ0) is 13.9. The van der Waals surface area contributed by atoms with Gasteiger partial charge in [-0.3, -0.25) is 9.79 Å². The van der Waals surface area contributed by atoms with Gasteiger partial charge in [0.2, 0.25) is 0 Å². The minimum Gasteiger partial charge on any atom is -0.508 e. The highest BCUT2D eigenvalue weighted by atomic mass is 31.2. The molecule has 0 atom stereocenters. The molecular weight excluding hydrogens is 267 g/mol. The van der Waals surface area contributed by atoms with E-state index in [2.05, 4.69) is 4.52 Å². The van der Waals surface area contributed by atoms with Gasteiger partial charge in [-0.15, -0.1) is 0 Å². The molecule has 0 heterocycles. The topological polar surface area (TPSA) is 87.0 Å². The summed E-state index contributed by atoms with van der Waals surface area (Å²) in [5.74, 6) is -0.0769. The molecule has 0 amide bonds. The minimum atomic E-state index is -4.65. The molecule has 0 aromatic heterocycles. The summed E-state index contributed by atoms with van der Waals surface area (Å²) in [7, 11) is -4.65. The second-order valence-electron chi connectivity index (χ2n) is 4.00. The molecule has 0 unspecified atom stereocenters. The number of phenols is 1. The Morgan fingerprint density at radius 1 is 1.00 bits per heavy atom. The van der Waals surface area contributed by atoms with Crippen LogP contribution in [0.25, 0.3) is 0 Å². The lowest BCUT2D eigenvalue weighted by molar-refractivity contribution is 0.282. The third kappa shape index (κ3) is 3.83. The van der Waals surface area contributed by atoms with Gasteiger partial charge in [-0.1, -0.05) is 36.4 Å². The van der Waals surface area contributed by atoms with E-state index in [0.29, 0.717) is 12.0 Å². The number of phenolic OH excluding ortho intramolecular Hbond substituents is 1. The molecule has 0 aliphatic carbocycles. The Balaban J connectivity index is 2.36. The standard InChI is InChI=1S/C13H13O5P/c14-12-7-4-8-13(18-19(15,16)17)11(12)9-10-5-2-1-3-6-10/h1-8,14H,9H2,(H2,15,16,17). The Hall–Kier alpha value is -1.81. The first-order chi connectivity index (χ1) is 8.96. The molecule has 2 aromatic carbocycles. The number of hydrogen-bond acceptors (Lipinski definition) is 3. The van der Waals surface area contributed by atoms with E-state index in [1.807, 2.05) is 30.3 Å². The maximum Gasteiger partial charge on any atom is 0.524 e. The van der Waals surface area contributed by atoms with Crippen molar-refractivity contribution in [1.29, 1.82) is 0 Å². The monoisotopic (exact) mass is 280 g/mol. The van der Waals surface area contributed by atoms with Crippen molar-refractivity contribution in [2.75, 3.05) is 0 Å². The molecule has 100 valence electrons. The molecular formula is C13H13O5P.